The summed E-state index contributed by atoms with van der Waals surface area (Å²) in [5.74, 6) is 0.106. The molecule has 20 heteroatoms. The first-order chi connectivity index (χ1) is 19.1. The zero-order valence-corrected chi connectivity index (χ0v) is 21.2. The Bertz CT molecular complexity index is 1640. The Morgan fingerprint density at radius 3 is 2.50 bits per heavy atom. The van der Waals surface area contributed by atoms with Crippen LogP contribution in [0.5, 0.6) is 0 Å². The second-order valence-corrected chi connectivity index (χ2v) is 10.6. The highest BCUT2D eigenvalue weighted by Gasteiger charge is 2.45. The van der Waals surface area contributed by atoms with E-state index >= 15 is 0 Å². The molecule has 0 radical (unpaired) electrons. The third-order valence-electron chi connectivity index (χ3n) is 6.67. The molecule has 4 aromatic rings. The van der Waals surface area contributed by atoms with Gasteiger partial charge in [-0.2, -0.15) is 0 Å². The van der Waals surface area contributed by atoms with Crippen molar-refractivity contribution in [3.8, 4) is 0 Å². The van der Waals surface area contributed by atoms with Gasteiger partial charge in [0.25, 0.3) is 13.4 Å². The van der Waals surface area contributed by atoms with Crippen molar-refractivity contribution >= 4 is 36.0 Å². The lowest BCUT2D eigenvalue weighted by atomic mass is 10.1. The van der Waals surface area contributed by atoms with Gasteiger partial charge in [-0.05, 0) is 0 Å². The van der Waals surface area contributed by atoms with Gasteiger partial charge in [-0.15, -0.1) is 0 Å². The van der Waals surface area contributed by atoms with Crippen LogP contribution in [0.15, 0.2) is 30.1 Å². The molecule has 0 aliphatic carbocycles. The van der Waals surface area contributed by atoms with E-state index in [4.69, 9.17) is 24.3 Å². The molecule has 214 valence electrons. The van der Waals surface area contributed by atoms with Crippen LogP contribution in [0.4, 0.5) is 5.82 Å². The van der Waals surface area contributed by atoms with Crippen LogP contribution >= 0.6 is 7.82 Å². The molecular formula is C20H23N9O10P-. The van der Waals surface area contributed by atoms with Gasteiger partial charge in [0.1, 0.15) is 42.5 Å². The molecule has 2 fully saturated rings. The normalized spacial score (nSPS) is 30.4. The van der Waals surface area contributed by atoms with E-state index in [1.807, 2.05) is 0 Å². The minimum Gasteiger partial charge on any atom is -0.756 e. The molecule has 6 N–H and O–H groups in total. The lowest BCUT2D eigenvalue weighted by Crippen LogP contribution is -2.34. The summed E-state index contributed by atoms with van der Waals surface area (Å²) in [5, 5.41) is 31.3. The number of fused-ring (bicyclic) bond motifs is 2. The van der Waals surface area contributed by atoms with Crippen molar-refractivity contribution in [2.24, 2.45) is 0 Å². The van der Waals surface area contributed by atoms with Crippen molar-refractivity contribution in [3.05, 3.63) is 35.7 Å². The highest BCUT2D eigenvalue weighted by molar-refractivity contribution is 7.45. The van der Waals surface area contributed by atoms with Crippen molar-refractivity contribution < 1.29 is 43.3 Å². The average Bonchev–Trinajstić information content (AvgIpc) is 3.69. The van der Waals surface area contributed by atoms with Crippen molar-refractivity contribution in [2.45, 2.75) is 49.4 Å². The maximum atomic E-state index is 12.4. The third kappa shape index (κ3) is 4.76. The number of aromatic amines is 1. The number of ether oxygens (including phenoxy) is 2. The molecule has 2 saturated heterocycles. The van der Waals surface area contributed by atoms with Crippen LogP contribution in [0.25, 0.3) is 22.3 Å². The molecule has 2 aliphatic heterocycles. The van der Waals surface area contributed by atoms with Gasteiger partial charge in [0.15, 0.2) is 28.9 Å². The van der Waals surface area contributed by atoms with Crippen LogP contribution in [0, 0.1) is 0 Å². The Balaban J connectivity index is 1.05. The standard InChI is InChI=1S/C20H24N9O10P/c21-16-12-17(23-4-22-16)29(7-26-12)20-15(32)14(31)10(39-20)3-37-40(34,35)36-2-9-8(30)1-11(38-9)28-6-27-13-18(28)24-5-25-19(13)33/h4-11,14-15,20,30-32H,1-3H2,(H,34,35)(H2,21,22,23)(H,24,25,33)/p-1/t8?,9-,10?,11-,14+,15+,20?/m1/s1. The summed E-state index contributed by atoms with van der Waals surface area (Å²) >= 11 is 0. The van der Waals surface area contributed by atoms with E-state index in [0.717, 1.165) is 0 Å². The van der Waals surface area contributed by atoms with Crippen LogP contribution in [-0.4, -0.2) is 98.1 Å². The van der Waals surface area contributed by atoms with Gasteiger partial charge in [0, 0.05) is 6.42 Å². The van der Waals surface area contributed by atoms with Crippen molar-refractivity contribution in [3.63, 3.8) is 0 Å². The van der Waals surface area contributed by atoms with Gasteiger partial charge in [-0.1, -0.05) is 0 Å². The van der Waals surface area contributed by atoms with E-state index in [9.17, 15) is 29.6 Å². The van der Waals surface area contributed by atoms with E-state index in [0.29, 0.717) is 0 Å². The summed E-state index contributed by atoms with van der Waals surface area (Å²) in [6, 6.07) is 0. The number of nitrogens with zero attached hydrogens (tertiary/aromatic N) is 7. The number of rotatable bonds is 8. The van der Waals surface area contributed by atoms with E-state index in [-0.39, 0.29) is 34.6 Å². The first-order valence-corrected chi connectivity index (χ1v) is 13.4. The fourth-order valence-electron chi connectivity index (χ4n) is 4.63. The Hall–Kier alpha value is -3.39. The highest BCUT2D eigenvalue weighted by Crippen LogP contribution is 2.42. The smallest absolute Gasteiger partial charge is 0.278 e. The van der Waals surface area contributed by atoms with E-state index in [2.05, 4.69) is 29.9 Å². The average molecular weight is 580 g/mol. The van der Waals surface area contributed by atoms with Crippen LogP contribution in [0.1, 0.15) is 18.9 Å². The summed E-state index contributed by atoms with van der Waals surface area (Å²) in [4.78, 5) is 46.7. The van der Waals surface area contributed by atoms with Gasteiger partial charge < -0.3 is 49.5 Å². The van der Waals surface area contributed by atoms with Crippen LogP contribution in [0.3, 0.4) is 0 Å². The molecule has 0 saturated carbocycles. The second kappa shape index (κ2) is 10.2. The lowest BCUT2D eigenvalue weighted by Gasteiger charge is -2.26. The number of nitrogens with two attached hydrogens (primary N) is 1. The van der Waals surface area contributed by atoms with Gasteiger partial charge >= 0.3 is 0 Å². The van der Waals surface area contributed by atoms with E-state index in [1.54, 1.807) is 0 Å². The minimum absolute atomic E-state index is 0.0544. The molecular weight excluding hydrogens is 557 g/mol. The Labute approximate surface area is 222 Å². The maximum absolute atomic E-state index is 12.4. The number of aliphatic hydroxyl groups excluding tert-OH is 3. The van der Waals surface area contributed by atoms with Crippen LogP contribution in [0.2, 0.25) is 0 Å². The quantitative estimate of drug-likeness (QED) is 0.133. The number of imidazole rings is 2. The summed E-state index contributed by atoms with van der Waals surface area (Å²) < 4.78 is 36.4. The minimum atomic E-state index is -4.97. The Morgan fingerprint density at radius 1 is 1.00 bits per heavy atom. The number of hydrogen-bond acceptors (Lipinski definition) is 16. The summed E-state index contributed by atoms with van der Waals surface area (Å²) in [5.41, 5.74) is 6.14. The number of nitrogens with one attached hydrogen (secondary N) is 1. The first kappa shape index (κ1) is 26.8. The SMILES string of the molecule is Nc1ncnc2c1ncn2C1OC(COP(=O)([O-])OC[C@H]2O[C@@H](n3cnc4c(=O)[nH]cnc43)CC2O)[C@H](O)[C@@H]1O. The fraction of sp³-hybridized carbons (Fsp3) is 0.500. The molecule has 4 unspecified atom stereocenters. The topological polar surface area (TPSA) is 271 Å². The Morgan fingerprint density at radius 2 is 1.70 bits per heavy atom. The number of phosphoric acid groups is 1. The largest absolute Gasteiger partial charge is 0.756 e. The molecule has 40 heavy (non-hydrogen) atoms. The predicted molar refractivity (Wildman–Crippen MR) is 128 cm³/mol. The molecule has 8 atom stereocenters. The van der Waals surface area contributed by atoms with Crippen LogP contribution < -0.4 is 16.2 Å². The number of aliphatic hydroxyl groups is 3. The third-order valence-corrected chi connectivity index (χ3v) is 7.60. The van der Waals surface area contributed by atoms with Crippen molar-refractivity contribution in [1.29, 1.82) is 0 Å². The molecule has 0 spiro atoms. The molecule has 19 nitrogen and oxygen atoms in total. The summed E-state index contributed by atoms with van der Waals surface area (Å²) in [6.45, 7) is -1.27. The number of aromatic nitrogens is 8. The molecule has 4 aromatic heterocycles. The van der Waals surface area contributed by atoms with Crippen molar-refractivity contribution in [2.75, 3.05) is 18.9 Å². The maximum Gasteiger partial charge on any atom is 0.278 e. The molecule has 0 aromatic carbocycles. The van der Waals surface area contributed by atoms with Crippen LogP contribution in [-0.2, 0) is 23.1 Å². The number of phosphoric ester groups is 1. The predicted octanol–water partition coefficient (Wildman–Crippen LogP) is -2.69. The number of nitrogen functional groups attached to an aromatic ring is 1. The highest BCUT2D eigenvalue weighted by atomic mass is 31.2. The molecule has 0 amide bonds. The number of H-pyrrole nitrogens is 1. The lowest BCUT2D eigenvalue weighted by molar-refractivity contribution is -0.231. The summed E-state index contributed by atoms with van der Waals surface area (Å²) in [6.07, 6.45) is -3.29. The van der Waals surface area contributed by atoms with Gasteiger partial charge in [-0.3, -0.25) is 18.5 Å². The molecule has 6 heterocycles. The van der Waals surface area contributed by atoms with E-state index in [1.165, 1.54) is 34.4 Å². The van der Waals surface area contributed by atoms with Gasteiger partial charge in [0.2, 0.25) is 0 Å². The molecule has 0 bridgehead atoms. The van der Waals surface area contributed by atoms with Gasteiger partial charge in [0.05, 0.1) is 38.3 Å². The molecule has 2 aliphatic rings. The number of hydrogen-bond donors (Lipinski definition) is 5. The fourth-order valence-corrected chi connectivity index (χ4v) is 5.36. The number of anilines is 1. The second-order valence-electron chi connectivity index (χ2n) is 9.16. The van der Waals surface area contributed by atoms with E-state index < -0.39 is 69.6 Å². The van der Waals surface area contributed by atoms with Crippen molar-refractivity contribution in [1.82, 2.24) is 39.0 Å². The zero-order chi connectivity index (χ0) is 28.2. The summed E-state index contributed by atoms with van der Waals surface area (Å²) in [7, 11) is -4.97. The monoisotopic (exact) mass is 580 g/mol. The molecule has 6 rings (SSSR count). The van der Waals surface area contributed by atoms with Gasteiger partial charge in [-0.25, -0.2) is 24.9 Å². The Kier molecular flexibility index (Phi) is 6.85. The zero-order valence-electron chi connectivity index (χ0n) is 20.3. The first-order valence-electron chi connectivity index (χ1n) is 11.9.